The highest BCUT2D eigenvalue weighted by atomic mass is 16.5. The Morgan fingerprint density at radius 2 is 1.52 bits per heavy atom. The van der Waals surface area contributed by atoms with Crippen molar-refractivity contribution < 1.29 is 9.26 Å². The molecule has 4 nitrogen and oxygen atoms in total. The third-order valence-corrected chi connectivity index (χ3v) is 5.20. The molecular weight excluding hydrogens is 336 g/mol. The van der Waals surface area contributed by atoms with Crippen molar-refractivity contribution in [2.75, 3.05) is 6.61 Å². The van der Waals surface area contributed by atoms with Crippen LogP contribution in [0.5, 0.6) is 5.75 Å². The van der Waals surface area contributed by atoms with E-state index in [0.29, 0.717) is 11.7 Å². The molecule has 3 aromatic rings. The summed E-state index contributed by atoms with van der Waals surface area (Å²) in [7, 11) is 0. The molecule has 1 saturated carbocycles. The monoisotopic (exact) mass is 362 g/mol. The van der Waals surface area contributed by atoms with Crippen LogP contribution in [0.2, 0.25) is 0 Å². The number of hydrogen-bond acceptors (Lipinski definition) is 4. The van der Waals surface area contributed by atoms with Gasteiger partial charge in [0.05, 0.1) is 6.61 Å². The van der Waals surface area contributed by atoms with Crippen LogP contribution in [0.1, 0.15) is 57.3 Å². The van der Waals surface area contributed by atoms with E-state index in [0.717, 1.165) is 35.8 Å². The van der Waals surface area contributed by atoms with E-state index in [2.05, 4.69) is 53.5 Å². The summed E-state index contributed by atoms with van der Waals surface area (Å²) in [5.41, 5.74) is 3.32. The van der Waals surface area contributed by atoms with Crippen LogP contribution in [0.15, 0.2) is 53.1 Å². The standard InChI is InChI=1S/C23H26N2O2/c1-2-16-26-21-14-12-18(13-15-21)17-8-10-19(11-9-17)22-24-23(27-25-22)20-6-4-3-5-7-20/h8-15,20H,2-7,16H2,1H3. The van der Waals surface area contributed by atoms with Crippen LogP contribution in [0.3, 0.4) is 0 Å². The SMILES string of the molecule is CCCOc1ccc(-c2ccc(-c3noc(C4CCCCC4)n3)cc2)cc1. The van der Waals surface area contributed by atoms with Gasteiger partial charge in [-0.15, -0.1) is 0 Å². The molecule has 4 heteroatoms. The van der Waals surface area contributed by atoms with Crippen LogP contribution >= 0.6 is 0 Å². The summed E-state index contributed by atoms with van der Waals surface area (Å²) < 4.78 is 11.2. The second-order valence-corrected chi connectivity index (χ2v) is 7.24. The molecule has 2 aromatic carbocycles. The molecule has 1 fully saturated rings. The zero-order valence-electron chi connectivity index (χ0n) is 15.9. The molecule has 140 valence electrons. The Hall–Kier alpha value is -2.62. The lowest BCUT2D eigenvalue weighted by atomic mass is 9.89. The van der Waals surface area contributed by atoms with Crippen LogP contribution in [-0.4, -0.2) is 16.7 Å². The third-order valence-electron chi connectivity index (χ3n) is 5.20. The Morgan fingerprint density at radius 1 is 0.889 bits per heavy atom. The first-order valence-electron chi connectivity index (χ1n) is 10.0. The second-order valence-electron chi connectivity index (χ2n) is 7.24. The van der Waals surface area contributed by atoms with Gasteiger partial charge in [0.1, 0.15) is 5.75 Å². The number of ether oxygens (including phenoxy) is 1. The molecule has 0 bridgehead atoms. The van der Waals surface area contributed by atoms with Gasteiger partial charge < -0.3 is 9.26 Å². The molecule has 4 rings (SSSR count). The largest absolute Gasteiger partial charge is 0.494 e. The van der Waals surface area contributed by atoms with Crippen LogP contribution in [0, 0.1) is 0 Å². The summed E-state index contributed by atoms with van der Waals surface area (Å²) in [6.45, 7) is 2.86. The fourth-order valence-electron chi connectivity index (χ4n) is 3.64. The van der Waals surface area contributed by atoms with Crippen LogP contribution < -0.4 is 4.74 Å². The molecule has 1 heterocycles. The van der Waals surface area contributed by atoms with E-state index in [9.17, 15) is 0 Å². The Balaban J connectivity index is 1.46. The van der Waals surface area contributed by atoms with E-state index in [1.807, 2.05) is 12.1 Å². The quantitative estimate of drug-likeness (QED) is 0.521. The highest BCUT2D eigenvalue weighted by Gasteiger charge is 2.21. The molecule has 27 heavy (non-hydrogen) atoms. The summed E-state index contributed by atoms with van der Waals surface area (Å²) in [5, 5.41) is 4.20. The van der Waals surface area contributed by atoms with Gasteiger partial charge in [-0.1, -0.05) is 67.7 Å². The Kier molecular flexibility index (Phi) is 5.52. The van der Waals surface area contributed by atoms with Crippen molar-refractivity contribution in [1.29, 1.82) is 0 Å². The van der Waals surface area contributed by atoms with Crippen molar-refractivity contribution >= 4 is 0 Å². The van der Waals surface area contributed by atoms with E-state index in [-0.39, 0.29) is 0 Å². The Labute approximate surface area is 160 Å². The predicted molar refractivity (Wildman–Crippen MR) is 107 cm³/mol. The summed E-state index contributed by atoms with van der Waals surface area (Å²) >= 11 is 0. The number of benzene rings is 2. The Morgan fingerprint density at radius 3 is 2.19 bits per heavy atom. The van der Waals surface area contributed by atoms with Gasteiger partial charge in [-0.25, -0.2) is 0 Å². The number of hydrogen-bond donors (Lipinski definition) is 0. The average molecular weight is 362 g/mol. The summed E-state index contributed by atoms with van der Waals surface area (Å²) in [5.74, 6) is 2.84. The van der Waals surface area contributed by atoms with Gasteiger partial charge in [0.2, 0.25) is 11.7 Å². The summed E-state index contributed by atoms with van der Waals surface area (Å²) in [4.78, 5) is 4.65. The minimum Gasteiger partial charge on any atom is -0.494 e. The van der Waals surface area contributed by atoms with Gasteiger partial charge in [0.15, 0.2) is 0 Å². The van der Waals surface area contributed by atoms with Crippen molar-refractivity contribution in [3.05, 3.63) is 54.4 Å². The smallest absolute Gasteiger partial charge is 0.230 e. The first-order valence-corrected chi connectivity index (χ1v) is 10.0. The molecule has 1 aliphatic rings. The number of aromatic nitrogens is 2. The lowest BCUT2D eigenvalue weighted by Gasteiger charge is -2.17. The lowest BCUT2D eigenvalue weighted by molar-refractivity contribution is 0.314. The fraction of sp³-hybridized carbons (Fsp3) is 0.391. The molecule has 0 aliphatic heterocycles. The third kappa shape index (κ3) is 4.21. The van der Waals surface area contributed by atoms with Crippen LogP contribution in [0.4, 0.5) is 0 Å². The van der Waals surface area contributed by atoms with Gasteiger partial charge >= 0.3 is 0 Å². The van der Waals surface area contributed by atoms with E-state index in [1.165, 1.54) is 37.7 Å². The second kappa shape index (κ2) is 8.38. The first kappa shape index (κ1) is 17.8. The van der Waals surface area contributed by atoms with Crippen molar-refractivity contribution in [3.8, 4) is 28.3 Å². The minimum atomic E-state index is 0.438. The van der Waals surface area contributed by atoms with Crippen molar-refractivity contribution in [1.82, 2.24) is 10.1 Å². The van der Waals surface area contributed by atoms with Gasteiger partial charge in [-0.05, 0) is 42.5 Å². The maximum Gasteiger partial charge on any atom is 0.230 e. The molecule has 0 N–H and O–H groups in total. The summed E-state index contributed by atoms with van der Waals surface area (Å²) in [6, 6.07) is 16.6. The fourth-order valence-corrected chi connectivity index (χ4v) is 3.64. The zero-order valence-corrected chi connectivity index (χ0v) is 15.9. The van der Waals surface area contributed by atoms with Crippen molar-refractivity contribution in [3.63, 3.8) is 0 Å². The van der Waals surface area contributed by atoms with Crippen molar-refractivity contribution in [2.45, 2.75) is 51.4 Å². The molecule has 0 spiro atoms. The molecule has 0 saturated heterocycles. The van der Waals surface area contributed by atoms with Gasteiger partial charge in [-0.2, -0.15) is 4.98 Å². The predicted octanol–water partition coefficient (Wildman–Crippen LogP) is 6.24. The van der Waals surface area contributed by atoms with Crippen molar-refractivity contribution in [2.24, 2.45) is 0 Å². The molecule has 0 amide bonds. The molecule has 0 atom stereocenters. The molecule has 1 aliphatic carbocycles. The van der Waals surface area contributed by atoms with E-state index in [4.69, 9.17) is 9.26 Å². The molecule has 0 unspecified atom stereocenters. The lowest BCUT2D eigenvalue weighted by Crippen LogP contribution is -2.04. The maximum absolute atomic E-state index is 5.65. The highest BCUT2D eigenvalue weighted by molar-refractivity contribution is 5.68. The Bertz CT molecular complexity index is 847. The van der Waals surface area contributed by atoms with Crippen LogP contribution in [0.25, 0.3) is 22.5 Å². The van der Waals surface area contributed by atoms with Gasteiger partial charge in [-0.3, -0.25) is 0 Å². The number of rotatable bonds is 6. The van der Waals surface area contributed by atoms with Gasteiger partial charge in [0, 0.05) is 11.5 Å². The summed E-state index contributed by atoms with van der Waals surface area (Å²) in [6.07, 6.45) is 7.20. The van der Waals surface area contributed by atoms with E-state index >= 15 is 0 Å². The average Bonchev–Trinajstić information content (AvgIpc) is 3.24. The molecular formula is C23H26N2O2. The maximum atomic E-state index is 5.65. The molecule has 1 aromatic heterocycles. The number of nitrogens with zero attached hydrogens (tertiary/aromatic N) is 2. The van der Waals surface area contributed by atoms with E-state index in [1.54, 1.807) is 0 Å². The zero-order chi connectivity index (χ0) is 18.5. The minimum absolute atomic E-state index is 0.438. The first-order chi connectivity index (χ1) is 13.3. The van der Waals surface area contributed by atoms with Gasteiger partial charge in [0.25, 0.3) is 0 Å². The molecule has 0 radical (unpaired) electrons. The highest BCUT2D eigenvalue weighted by Crippen LogP contribution is 2.33. The van der Waals surface area contributed by atoms with Crippen LogP contribution in [-0.2, 0) is 0 Å². The topological polar surface area (TPSA) is 48.2 Å². The van der Waals surface area contributed by atoms with E-state index < -0.39 is 0 Å². The normalized spacial score (nSPS) is 15.0.